The van der Waals surface area contributed by atoms with Gasteiger partial charge in [-0.05, 0) is 31.2 Å². The summed E-state index contributed by atoms with van der Waals surface area (Å²) in [5.74, 6) is 1.99. The Morgan fingerprint density at radius 1 is 1.27 bits per heavy atom. The second-order valence-corrected chi connectivity index (χ2v) is 6.51. The van der Waals surface area contributed by atoms with Gasteiger partial charge in [0.2, 0.25) is 5.95 Å². The molecule has 0 amide bonds. The van der Waals surface area contributed by atoms with Gasteiger partial charge in [0.25, 0.3) is 0 Å². The molecule has 0 saturated carbocycles. The molecule has 3 aromatic rings. The van der Waals surface area contributed by atoms with Crippen LogP contribution in [0.5, 0.6) is 0 Å². The molecule has 0 aromatic carbocycles. The fourth-order valence-electron chi connectivity index (χ4n) is 2.95. The van der Waals surface area contributed by atoms with E-state index < -0.39 is 0 Å². The fourth-order valence-corrected chi connectivity index (χ4v) is 4.17. The van der Waals surface area contributed by atoms with Crippen molar-refractivity contribution >= 4 is 33.3 Å². The minimum absolute atomic E-state index is 0.284. The van der Waals surface area contributed by atoms with Crippen LogP contribution in [0.2, 0.25) is 0 Å². The molecule has 3 aromatic heterocycles. The van der Waals surface area contributed by atoms with Crippen LogP contribution in [0, 0.1) is 0 Å². The van der Waals surface area contributed by atoms with Gasteiger partial charge in [-0.1, -0.05) is 0 Å². The standard InChI is InChI=1S/C14H17N7S/c15-14-19-10(20-21-14)5-6-16-12-11-8-3-1-2-4-9(8)22-13(11)18-7-17-12/h7H,1-6H2,(H,16,17,18)(H3,15,19,20,21). The van der Waals surface area contributed by atoms with E-state index in [1.807, 2.05) is 11.3 Å². The molecule has 7 nitrogen and oxygen atoms in total. The summed E-state index contributed by atoms with van der Waals surface area (Å²) in [6.07, 6.45) is 7.21. The van der Waals surface area contributed by atoms with E-state index in [1.165, 1.54) is 35.1 Å². The molecule has 0 saturated heterocycles. The SMILES string of the molecule is Nc1n[nH]c(CCNc2ncnc3sc4c(c23)CCCC4)n1. The van der Waals surface area contributed by atoms with E-state index in [2.05, 4.69) is 30.5 Å². The number of rotatable bonds is 4. The molecule has 114 valence electrons. The molecule has 0 aliphatic heterocycles. The van der Waals surface area contributed by atoms with Crippen LogP contribution in [0.25, 0.3) is 10.2 Å². The van der Waals surface area contributed by atoms with Crippen molar-refractivity contribution in [1.82, 2.24) is 25.1 Å². The Balaban J connectivity index is 1.57. The average molecular weight is 315 g/mol. The number of nitrogens with one attached hydrogen (secondary N) is 2. The highest BCUT2D eigenvalue weighted by Gasteiger charge is 2.19. The number of nitrogens with two attached hydrogens (primary N) is 1. The van der Waals surface area contributed by atoms with Gasteiger partial charge >= 0.3 is 0 Å². The van der Waals surface area contributed by atoms with Crippen LogP contribution in [0.3, 0.4) is 0 Å². The fraction of sp³-hybridized carbons (Fsp3) is 0.429. The highest BCUT2D eigenvalue weighted by atomic mass is 32.1. The maximum atomic E-state index is 5.51. The lowest BCUT2D eigenvalue weighted by molar-refractivity contribution is 0.700. The number of aromatic nitrogens is 5. The summed E-state index contributed by atoms with van der Waals surface area (Å²) in [4.78, 5) is 15.6. The zero-order valence-electron chi connectivity index (χ0n) is 12.1. The Morgan fingerprint density at radius 2 is 2.18 bits per heavy atom. The zero-order valence-corrected chi connectivity index (χ0v) is 12.9. The van der Waals surface area contributed by atoms with Gasteiger partial charge in [-0.2, -0.15) is 4.98 Å². The number of hydrogen-bond acceptors (Lipinski definition) is 7. The largest absolute Gasteiger partial charge is 0.369 e. The number of nitrogen functional groups attached to an aromatic ring is 1. The Hall–Kier alpha value is -2.22. The van der Waals surface area contributed by atoms with Gasteiger partial charge in [0.05, 0.1) is 5.39 Å². The second kappa shape index (κ2) is 5.53. The molecule has 0 unspecified atom stereocenters. The van der Waals surface area contributed by atoms with Crippen LogP contribution in [0.4, 0.5) is 11.8 Å². The van der Waals surface area contributed by atoms with Crippen molar-refractivity contribution in [3.8, 4) is 0 Å². The lowest BCUT2D eigenvalue weighted by Gasteiger charge is -2.12. The summed E-state index contributed by atoms with van der Waals surface area (Å²) in [7, 11) is 0. The van der Waals surface area contributed by atoms with Crippen LogP contribution >= 0.6 is 11.3 Å². The van der Waals surface area contributed by atoms with Gasteiger partial charge in [-0.3, -0.25) is 5.10 Å². The quantitative estimate of drug-likeness (QED) is 0.679. The van der Waals surface area contributed by atoms with E-state index in [0.29, 0.717) is 0 Å². The van der Waals surface area contributed by atoms with Gasteiger partial charge in [0.15, 0.2) is 0 Å². The van der Waals surface area contributed by atoms with Crippen molar-refractivity contribution in [2.45, 2.75) is 32.1 Å². The van der Waals surface area contributed by atoms with E-state index in [9.17, 15) is 0 Å². The van der Waals surface area contributed by atoms with Crippen LogP contribution in [0.1, 0.15) is 29.1 Å². The molecule has 0 radical (unpaired) electrons. The first-order chi connectivity index (χ1) is 10.8. The Bertz CT molecular complexity index is 807. The Labute approximate surface area is 131 Å². The third kappa shape index (κ3) is 2.39. The van der Waals surface area contributed by atoms with E-state index in [1.54, 1.807) is 6.33 Å². The smallest absolute Gasteiger partial charge is 0.239 e. The summed E-state index contributed by atoms with van der Waals surface area (Å²) >= 11 is 1.81. The van der Waals surface area contributed by atoms with Crippen LogP contribution < -0.4 is 11.1 Å². The number of fused-ring (bicyclic) bond motifs is 3. The first-order valence-corrected chi connectivity index (χ1v) is 8.29. The van der Waals surface area contributed by atoms with E-state index in [4.69, 9.17) is 5.73 Å². The van der Waals surface area contributed by atoms with E-state index >= 15 is 0 Å². The van der Waals surface area contributed by atoms with Crippen molar-refractivity contribution in [1.29, 1.82) is 0 Å². The Kier molecular flexibility index (Phi) is 3.38. The monoisotopic (exact) mass is 315 g/mol. The topological polar surface area (TPSA) is 105 Å². The van der Waals surface area contributed by atoms with Crippen LogP contribution in [-0.2, 0) is 19.3 Å². The normalized spacial score (nSPS) is 14.2. The summed E-state index contributed by atoms with van der Waals surface area (Å²) in [6.45, 7) is 0.728. The number of aromatic amines is 1. The molecule has 3 heterocycles. The van der Waals surface area contributed by atoms with Gasteiger partial charge in [0.1, 0.15) is 22.8 Å². The minimum atomic E-state index is 0.284. The molecule has 1 aliphatic rings. The molecule has 0 bridgehead atoms. The first kappa shape index (κ1) is 13.4. The van der Waals surface area contributed by atoms with Gasteiger partial charge in [-0.15, -0.1) is 16.4 Å². The molecule has 22 heavy (non-hydrogen) atoms. The highest BCUT2D eigenvalue weighted by Crippen LogP contribution is 2.37. The summed E-state index contributed by atoms with van der Waals surface area (Å²) in [5.41, 5.74) is 6.95. The Morgan fingerprint density at radius 3 is 3.05 bits per heavy atom. The molecule has 0 fully saturated rings. The maximum Gasteiger partial charge on any atom is 0.239 e. The predicted octanol–water partition coefficient (Wildman–Crippen LogP) is 1.92. The second-order valence-electron chi connectivity index (χ2n) is 5.43. The summed E-state index contributed by atoms with van der Waals surface area (Å²) < 4.78 is 0. The first-order valence-electron chi connectivity index (χ1n) is 7.47. The number of hydrogen-bond donors (Lipinski definition) is 3. The van der Waals surface area contributed by atoms with E-state index in [-0.39, 0.29) is 5.95 Å². The van der Waals surface area contributed by atoms with Crippen molar-refractivity contribution in [3.05, 3.63) is 22.6 Å². The molecule has 4 N–H and O–H groups in total. The van der Waals surface area contributed by atoms with Crippen molar-refractivity contribution in [2.75, 3.05) is 17.6 Å². The molecular formula is C14H17N7S. The third-order valence-corrected chi connectivity index (χ3v) is 5.15. The number of aryl methyl sites for hydroxylation is 2. The predicted molar refractivity (Wildman–Crippen MR) is 87.0 cm³/mol. The van der Waals surface area contributed by atoms with Crippen molar-refractivity contribution in [2.24, 2.45) is 0 Å². The summed E-state index contributed by atoms with van der Waals surface area (Å²) in [6, 6.07) is 0. The number of nitrogens with zero attached hydrogens (tertiary/aromatic N) is 4. The molecule has 8 heteroatoms. The van der Waals surface area contributed by atoms with Crippen LogP contribution in [-0.4, -0.2) is 31.7 Å². The molecule has 4 rings (SSSR count). The van der Waals surface area contributed by atoms with E-state index in [0.717, 1.165) is 35.9 Å². The molecule has 0 atom stereocenters. The highest BCUT2D eigenvalue weighted by molar-refractivity contribution is 7.19. The lowest BCUT2D eigenvalue weighted by atomic mass is 9.97. The minimum Gasteiger partial charge on any atom is -0.369 e. The number of H-pyrrole nitrogens is 1. The van der Waals surface area contributed by atoms with Crippen LogP contribution in [0.15, 0.2) is 6.33 Å². The van der Waals surface area contributed by atoms with Gasteiger partial charge in [0, 0.05) is 17.8 Å². The van der Waals surface area contributed by atoms with Gasteiger partial charge < -0.3 is 11.1 Å². The average Bonchev–Trinajstić information content (AvgIpc) is 3.11. The van der Waals surface area contributed by atoms with Gasteiger partial charge in [-0.25, -0.2) is 9.97 Å². The van der Waals surface area contributed by atoms with Crippen molar-refractivity contribution < 1.29 is 0 Å². The number of anilines is 2. The number of thiophene rings is 1. The maximum absolute atomic E-state index is 5.51. The molecule has 0 spiro atoms. The lowest BCUT2D eigenvalue weighted by Crippen LogP contribution is -2.08. The van der Waals surface area contributed by atoms with Crippen molar-refractivity contribution in [3.63, 3.8) is 0 Å². The zero-order chi connectivity index (χ0) is 14.9. The molecular weight excluding hydrogens is 298 g/mol. The summed E-state index contributed by atoms with van der Waals surface area (Å²) in [5, 5.41) is 11.3. The third-order valence-electron chi connectivity index (χ3n) is 3.95. The molecule has 1 aliphatic carbocycles.